The molecule has 22 heavy (non-hydrogen) atoms. The van der Waals surface area contributed by atoms with Crippen molar-refractivity contribution in [2.24, 2.45) is 0 Å². The number of benzene rings is 1. The molecule has 0 fully saturated rings. The van der Waals surface area contributed by atoms with Crippen LogP contribution in [0.3, 0.4) is 0 Å². The van der Waals surface area contributed by atoms with Gasteiger partial charge in [-0.15, -0.1) is 10.2 Å². The zero-order valence-corrected chi connectivity index (χ0v) is 13.7. The molecule has 2 rings (SSSR count). The molecule has 8 heteroatoms. The molecule has 0 aliphatic rings. The Balaban J connectivity index is 1.82. The summed E-state index contributed by atoms with van der Waals surface area (Å²) in [6.45, 7) is 3.62. The fourth-order valence-electron chi connectivity index (χ4n) is 1.71. The minimum Gasteiger partial charge on any atom is -0.326 e. The minimum atomic E-state index is -0.269. The van der Waals surface area contributed by atoms with Crippen molar-refractivity contribution in [3.63, 3.8) is 0 Å². The standard InChI is InChI=1S/C14H15ClN4O2S/c1-8-10(15)4-3-5-11(8)16-12(20)6-7-13(21)17-14-19-18-9(2)22-14/h3-5H,6-7H2,1-2H3,(H,16,20)(H,17,19,21). The van der Waals surface area contributed by atoms with Gasteiger partial charge in [0.2, 0.25) is 16.9 Å². The fourth-order valence-corrected chi connectivity index (χ4v) is 2.49. The third-order valence-corrected chi connectivity index (χ3v) is 4.06. The smallest absolute Gasteiger partial charge is 0.226 e. The summed E-state index contributed by atoms with van der Waals surface area (Å²) in [6.07, 6.45) is 0.152. The van der Waals surface area contributed by atoms with Gasteiger partial charge in [0, 0.05) is 23.6 Å². The Labute approximate surface area is 136 Å². The predicted octanol–water partition coefficient (Wildman–Crippen LogP) is 3.17. The molecule has 0 aliphatic heterocycles. The van der Waals surface area contributed by atoms with Crippen LogP contribution in [0.25, 0.3) is 0 Å². The molecule has 6 nitrogen and oxygen atoms in total. The second-order valence-corrected chi connectivity index (χ2v) is 6.22. The predicted molar refractivity (Wildman–Crippen MR) is 87.3 cm³/mol. The molecule has 0 aliphatic carbocycles. The number of rotatable bonds is 5. The Bertz CT molecular complexity index is 702. The molecule has 0 atom stereocenters. The van der Waals surface area contributed by atoms with Crippen LogP contribution in [0.1, 0.15) is 23.4 Å². The van der Waals surface area contributed by atoms with E-state index in [1.54, 1.807) is 25.1 Å². The number of halogens is 1. The number of nitrogens with zero attached hydrogens (tertiary/aromatic N) is 2. The molecule has 0 bridgehead atoms. The number of amides is 2. The van der Waals surface area contributed by atoms with Crippen molar-refractivity contribution in [2.75, 3.05) is 10.6 Å². The molecule has 0 unspecified atom stereocenters. The molecule has 116 valence electrons. The lowest BCUT2D eigenvalue weighted by molar-refractivity contribution is -0.121. The third-order valence-electron chi connectivity index (χ3n) is 2.89. The van der Waals surface area contributed by atoms with E-state index in [1.807, 2.05) is 6.92 Å². The summed E-state index contributed by atoms with van der Waals surface area (Å²) in [6, 6.07) is 5.28. The van der Waals surface area contributed by atoms with E-state index in [9.17, 15) is 9.59 Å². The van der Waals surface area contributed by atoms with Crippen molar-refractivity contribution in [2.45, 2.75) is 26.7 Å². The van der Waals surface area contributed by atoms with Crippen LogP contribution >= 0.6 is 22.9 Å². The summed E-state index contributed by atoms with van der Waals surface area (Å²) in [4.78, 5) is 23.6. The second-order valence-electron chi connectivity index (χ2n) is 4.63. The maximum absolute atomic E-state index is 11.9. The van der Waals surface area contributed by atoms with Gasteiger partial charge in [0.1, 0.15) is 5.01 Å². The van der Waals surface area contributed by atoms with Crippen LogP contribution in [0.4, 0.5) is 10.8 Å². The minimum absolute atomic E-state index is 0.0735. The number of nitrogens with one attached hydrogen (secondary N) is 2. The molecule has 0 saturated heterocycles. The van der Waals surface area contributed by atoms with Gasteiger partial charge in [-0.25, -0.2) is 0 Å². The maximum atomic E-state index is 11.9. The number of anilines is 2. The van der Waals surface area contributed by atoms with Crippen LogP contribution in [-0.2, 0) is 9.59 Å². The molecule has 0 radical (unpaired) electrons. The van der Waals surface area contributed by atoms with E-state index in [-0.39, 0.29) is 24.7 Å². The molecule has 1 heterocycles. The summed E-state index contributed by atoms with van der Waals surface area (Å²) in [5.41, 5.74) is 1.45. The van der Waals surface area contributed by atoms with Crippen LogP contribution in [-0.4, -0.2) is 22.0 Å². The summed E-state index contributed by atoms with van der Waals surface area (Å²) < 4.78 is 0. The lowest BCUT2D eigenvalue weighted by Crippen LogP contribution is -2.17. The van der Waals surface area contributed by atoms with E-state index in [0.29, 0.717) is 15.8 Å². The number of carbonyl (C=O) groups is 2. The Morgan fingerprint density at radius 2 is 1.82 bits per heavy atom. The summed E-state index contributed by atoms with van der Waals surface area (Å²) in [5, 5.41) is 14.7. The zero-order chi connectivity index (χ0) is 16.1. The van der Waals surface area contributed by atoms with Gasteiger partial charge in [-0.05, 0) is 31.5 Å². The van der Waals surface area contributed by atoms with Crippen LogP contribution in [0.5, 0.6) is 0 Å². The molecule has 1 aromatic heterocycles. The van der Waals surface area contributed by atoms with Crippen molar-refractivity contribution in [1.29, 1.82) is 0 Å². The fraction of sp³-hybridized carbons (Fsp3) is 0.286. The maximum Gasteiger partial charge on any atom is 0.226 e. The number of aromatic nitrogens is 2. The Kier molecular flexibility index (Phi) is 5.46. The molecule has 1 aromatic carbocycles. The quantitative estimate of drug-likeness (QED) is 0.877. The van der Waals surface area contributed by atoms with Crippen molar-refractivity contribution in [1.82, 2.24) is 10.2 Å². The highest BCUT2D eigenvalue weighted by Crippen LogP contribution is 2.23. The van der Waals surface area contributed by atoms with Gasteiger partial charge in [-0.3, -0.25) is 9.59 Å². The van der Waals surface area contributed by atoms with Gasteiger partial charge in [-0.2, -0.15) is 0 Å². The molecular formula is C14H15ClN4O2S. The summed E-state index contributed by atoms with van der Waals surface area (Å²) >= 11 is 7.28. The molecule has 0 spiro atoms. The van der Waals surface area contributed by atoms with E-state index < -0.39 is 0 Å². The first-order valence-corrected chi connectivity index (χ1v) is 7.80. The van der Waals surface area contributed by atoms with Crippen LogP contribution in [0, 0.1) is 13.8 Å². The Hall–Kier alpha value is -1.99. The molecular weight excluding hydrogens is 324 g/mol. The highest BCUT2D eigenvalue weighted by atomic mass is 35.5. The van der Waals surface area contributed by atoms with E-state index in [0.717, 1.165) is 10.6 Å². The monoisotopic (exact) mass is 338 g/mol. The lowest BCUT2D eigenvalue weighted by Gasteiger charge is -2.09. The lowest BCUT2D eigenvalue weighted by atomic mass is 10.2. The van der Waals surface area contributed by atoms with Crippen molar-refractivity contribution >= 4 is 45.6 Å². The van der Waals surface area contributed by atoms with Gasteiger partial charge >= 0.3 is 0 Å². The first-order valence-electron chi connectivity index (χ1n) is 6.60. The van der Waals surface area contributed by atoms with E-state index in [4.69, 9.17) is 11.6 Å². The largest absolute Gasteiger partial charge is 0.326 e. The number of aryl methyl sites for hydroxylation is 1. The van der Waals surface area contributed by atoms with Crippen LogP contribution < -0.4 is 10.6 Å². The first-order chi connectivity index (χ1) is 10.5. The first kappa shape index (κ1) is 16.4. The van der Waals surface area contributed by atoms with Crippen LogP contribution in [0.15, 0.2) is 18.2 Å². The molecule has 0 saturated carbocycles. The SMILES string of the molecule is Cc1nnc(NC(=O)CCC(=O)Nc2cccc(Cl)c2C)s1. The van der Waals surface area contributed by atoms with Gasteiger partial charge < -0.3 is 10.6 Å². The van der Waals surface area contributed by atoms with E-state index in [1.165, 1.54) is 11.3 Å². The molecule has 2 N–H and O–H groups in total. The highest BCUT2D eigenvalue weighted by molar-refractivity contribution is 7.15. The van der Waals surface area contributed by atoms with Crippen molar-refractivity contribution < 1.29 is 9.59 Å². The van der Waals surface area contributed by atoms with Gasteiger partial charge in [0.05, 0.1) is 0 Å². The number of carbonyl (C=O) groups excluding carboxylic acids is 2. The Morgan fingerprint density at radius 3 is 2.45 bits per heavy atom. The highest BCUT2D eigenvalue weighted by Gasteiger charge is 2.11. The topological polar surface area (TPSA) is 84.0 Å². The summed E-state index contributed by atoms with van der Waals surface area (Å²) in [7, 11) is 0. The van der Waals surface area contributed by atoms with Crippen LogP contribution in [0.2, 0.25) is 5.02 Å². The summed E-state index contributed by atoms with van der Waals surface area (Å²) in [5.74, 6) is -0.511. The number of hydrogen-bond donors (Lipinski definition) is 2. The van der Waals surface area contributed by atoms with Crippen molar-refractivity contribution in [3.05, 3.63) is 33.8 Å². The zero-order valence-electron chi connectivity index (χ0n) is 12.1. The van der Waals surface area contributed by atoms with Gasteiger partial charge in [-0.1, -0.05) is 29.0 Å². The average Bonchev–Trinajstić information content (AvgIpc) is 2.87. The second kappa shape index (κ2) is 7.33. The number of hydrogen-bond acceptors (Lipinski definition) is 5. The molecule has 2 amide bonds. The van der Waals surface area contributed by atoms with Crippen molar-refractivity contribution in [3.8, 4) is 0 Å². The van der Waals surface area contributed by atoms with E-state index >= 15 is 0 Å². The Morgan fingerprint density at radius 1 is 1.14 bits per heavy atom. The normalized spacial score (nSPS) is 10.3. The van der Waals surface area contributed by atoms with E-state index in [2.05, 4.69) is 20.8 Å². The van der Waals surface area contributed by atoms with Gasteiger partial charge in [0.25, 0.3) is 0 Å². The third kappa shape index (κ3) is 4.51. The average molecular weight is 339 g/mol. The van der Waals surface area contributed by atoms with Gasteiger partial charge in [0.15, 0.2) is 0 Å². The molecule has 2 aromatic rings.